The lowest BCUT2D eigenvalue weighted by Crippen LogP contribution is -2.18. The van der Waals surface area contributed by atoms with E-state index in [2.05, 4.69) is 5.32 Å². The van der Waals surface area contributed by atoms with Gasteiger partial charge in [0.05, 0.1) is 0 Å². The van der Waals surface area contributed by atoms with Crippen LogP contribution in [0.5, 0.6) is 0 Å². The number of amides is 1. The summed E-state index contributed by atoms with van der Waals surface area (Å²) in [6.45, 7) is 1.58. The van der Waals surface area contributed by atoms with Crippen molar-refractivity contribution in [3.63, 3.8) is 0 Å². The van der Waals surface area contributed by atoms with Crippen molar-refractivity contribution in [3.05, 3.63) is 34.9 Å². The van der Waals surface area contributed by atoms with Crippen molar-refractivity contribution in [3.8, 4) is 0 Å². The van der Waals surface area contributed by atoms with Gasteiger partial charge < -0.3 is 11.1 Å². The molecule has 0 bridgehead atoms. The van der Waals surface area contributed by atoms with Gasteiger partial charge >= 0.3 is 0 Å². The molecule has 0 heterocycles. The molecule has 0 aliphatic heterocycles. The minimum absolute atomic E-state index is 0.247. The number of carbonyl (C=O) groups is 1. The molecule has 3 nitrogen and oxygen atoms in total. The Balaban J connectivity index is 2.15. The third-order valence-corrected chi connectivity index (χ3v) is 2.27. The van der Waals surface area contributed by atoms with Gasteiger partial charge in [0, 0.05) is 18.0 Å². The Bertz CT molecular complexity index is 311. The normalized spacial score (nSPS) is 10.2. The topological polar surface area (TPSA) is 55.1 Å². The highest BCUT2D eigenvalue weighted by atomic mass is 35.5. The first-order valence-electron chi connectivity index (χ1n) is 4.92. The predicted molar refractivity (Wildman–Crippen MR) is 61.6 cm³/mol. The van der Waals surface area contributed by atoms with E-state index in [1.165, 1.54) is 5.56 Å². The van der Waals surface area contributed by atoms with Crippen LogP contribution in [0.15, 0.2) is 24.3 Å². The minimum Gasteiger partial charge on any atom is -0.370 e. The summed E-state index contributed by atoms with van der Waals surface area (Å²) >= 11 is 5.76. The molecule has 82 valence electrons. The van der Waals surface area contributed by atoms with Gasteiger partial charge in [0.15, 0.2) is 0 Å². The molecule has 0 unspecified atom stereocenters. The zero-order chi connectivity index (χ0) is 11.1. The number of rotatable bonds is 6. The summed E-state index contributed by atoms with van der Waals surface area (Å²) in [6.07, 6.45) is 1.22. The average molecular weight is 227 g/mol. The summed E-state index contributed by atoms with van der Waals surface area (Å²) < 4.78 is 0. The molecule has 15 heavy (non-hydrogen) atoms. The maximum atomic E-state index is 10.4. The van der Waals surface area contributed by atoms with Gasteiger partial charge in [0.2, 0.25) is 5.91 Å². The molecule has 1 aromatic rings. The second kappa shape index (κ2) is 6.43. The van der Waals surface area contributed by atoms with Gasteiger partial charge in [-0.15, -0.1) is 0 Å². The minimum atomic E-state index is -0.247. The molecule has 1 aromatic carbocycles. The molecule has 1 rings (SSSR count). The maximum absolute atomic E-state index is 10.4. The van der Waals surface area contributed by atoms with Crippen LogP contribution in [0, 0.1) is 0 Å². The second-order valence-corrected chi connectivity index (χ2v) is 3.81. The van der Waals surface area contributed by atoms with E-state index in [1.807, 2.05) is 24.3 Å². The van der Waals surface area contributed by atoms with E-state index in [4.69, 9.17) is 17.3 Å². The summed E-state index contributed by atoms with van der Waals surface area (Å²) in [5, 5.41) is 3.97. The van der Waals surface area contributed by atoms with Crippen molar-refractivity contribution in [1.82, 2.24) is 5.32 Å². The Labute approximate surface area is 94.6 Å². The summed E-state index contributed by atoms with van der Waals surface area (Å²) in [5.74, 6) is -0.247. The zero-order valence-corrected chi connectivity index (χ0v) is 9.26. The summed E-state index contributed by atoms with van der Waals surface area (Å²) in [6, 6.07) is 7.68. The highest BCUT2D eigenvalue weighted by Crippen LogP contribution is 2.08. The highest BCUT2D eigenvalue weighted by molar-refractivity contribution is 6.30. The van der Waals surface area contributed by atoms with Crippen molar-refractivity contribution in [2.45, 2.75) is 19.4 Å². The number of hydrogen-bond acceptors (Lipinski definition) is 2. The molecule has 0 aliphatic carbocycles. The van der Waals surface area contributed by atoms with Crippen LogP contribution in [0.4, 0.5) is 0 Å². The third kappa shape index (κ3) is 5.40. The third-order valence-electron chi connectivity index (χ3n) is 2.02. The predicted octanol–water partition coefficient (Wildman–Crippen LogP) is 1.70. The Morgan fingerprint density at radius 3 is 2.60 bits per heavy atom. The highest BCUT2D eigenvalue weighted by Gasteiger charge is 1.95. The van der Waals surface area contributed by atoms with Crippen LogP contribution in [0.2, 0.25) is 5.02 Å². The standard InChI is InChI=1S/C11H15ClN2O/c12-10-5-3-9(4-6-10)8-14-7-1-2-11(13)15/h3-6,14H,1-2,7-8H2,(H2,13,15). The number of hydrogen-bond donors (Lipinski definition) is 2. The Morgan fingerprint density at radius 1 is 1.33 bits per heavy atom. The van der Waals surface area contributed by atoms with Crippen LogP contribution in [0.1, 0.15) is 18.4 Å². The SMILES string of the molecule is NC(=O)CCCNCc1ccc(Cl)cc1. The monoisotopic (exact) mass is 226 g/mol. The van der Waals surface area contributed by atoms with E-state index in [-0.39, 0.29) is 5.91 Å². The molecule has 0 saturated carbocycles. The van der Waals surface area contributed by atoms with E-state index in [9.17, 15) is 4.79 Å². The number of carbonyl (C=O) groups excluding carboxylic acids is 1. The fourth-order valence-corrected chi connectivity index (χ4v) is 1.35. The van der Waals surface area contributed by atoms with Crippen molar-refractivity contribution < 1.29 is 4.79 Å². The number of benzene rings is 1. The number of halogens is 1. The summed E-state index contributed by atoms with van der Waals surface area (Å²) in [5.41, 5.74) is 6.20. The molecular weight excluding hydrogens is 212 g/mol. The van der Waals surface area contributed by atoms with E-state index < -0.39 is 0 Å². The molecule has 4 heteroatoms. The molecule has 0 saturated heterocycles. The van der Waals surface area contributed by atoms with Crippen molar-refractivity contribution in [1.29, 1.82) is 0 Å². The number of nitrogens with two attached hydrogens (primary N) is 1. The quantitative estimate of drug-likeness (QED) is 0.726. The van der Waals surface area contributed by atoms with Gasteiger partial charge in [0.1, 0.15) is 0 Å². The molecule has 0 atom stereocenters. The number of primary amides is 1. The van der Waals surface area contributed by atoms with Crippen molar-refractivity contribution >= 4 is 17.5 Å². The van der Waals surface area contributed by atoms with Gasteiger partial charge in [-0.1, -0.05) is 23.7 Å². The Kier molecular flexibility index (Phi) is 5.15. The lowest BCUT2D eigenvalue weighted by Gasteiger charge is -2.03. The first kappa shape index (κ1) is 12.0. The molecule has 0 aliphatic rings. The Hall–Kier alpha value is -1.06. The molecule has 3 N–H and O–H groups in total. The fourth-order valence-electron chi connectivity index (χ4n) is 1.22. The second-order valence-electron chi connectivity index (χ2n) is 3.37. The molecule has 0 spiro atoms. The van der Waals surface area contributed by atoms with E-state index in [0.29, 0.717) is 6.42 Å². The van der Waals surface area contributed by atoms with Crippen LogP contribution in [-0.4, -0.2) is 12.5 Å². The molecule has 0 aromatic heterocycles. The van der Waals surface area contributed by atoms with Crippen LogP contribution in [0.25, 0.3) is 0 Å². The van der Waals surface area contributed by atoms with Crippen molar-refractivity contribution in [2.24, 2.45) is 5.73 Å². The molecule has 0 radical (unpaired) electrons. The summed E-state index contributed by atoms with van der Waals surface area (Å²) in [4.78, 5) is 10.4. The van der Waals surface area contributed by atoms with Crippen LogP contribution < -0.4 is 11.1 Å². The molecule has 1 amide bonds. The average Bonchev–Trinajstić information content (AvgIpc) is 2.20. The van der Waals surface area contributed by atoms with Gasteiger partial charge in [-0.3, -0.25) is 4.79 Å². The first-order valence-corrected chi connectivity index (χ1v) is 5.30. The van der Waals surface area contributed by atoms with Gasteiger partial charge in [-0.05, 0) is 30.7 Å². The van der Waals surface area contributed by atoms with Crippen LogP contribution in [0.3, 0.4) is 0 Å². The van der Waals surface area contributed by atoms with Crippen LogP contribution >= 0.6 is 11.6 Å². The largest absolute Gasteiger partial charge is 0.370 e. The maximum Gasteiger partial charge on any atom is 0.217 e. The Morgan fingerprint density at radius 2 is 2.00 bits per heavy atom. The smallest absolute Gasteiger partial charge is 0.217 e. The fraction of sp³-hybridized carbons (Fsp3) is 0.364. The van der Waals surface area contributed by atoms with Gasteiger partial charge in [-0.25, -0.2) is 0 Å². The van der Waals surface area contributed by atoms with E-state index in [0.717, 1.165) is 24.5 Å². The summed E-state index contributed by atoms with van der Waals surface area (Å²) in [7, 11) is 0. The van der Waals surface area contributed by atoms with Gasteiger partial charge in [0.25, 0.3) is 0 Å². The first-order chi connectivity index (χ1) is 7.18. The van der Waals surface area contributed by atoms with Crippen molar-refractivity contribution in [2.75, 3.05) is 6.54 Å². The zero-order valence-electron chi connectivity index (χ0n) is 8.50. The molecule has 0 fully saturated rings. The van der Waals surface area contributed by atoms with Gasteiger partial charge in [-0.2, -0.15) is 0 Å². The lowest BCUT2D eigenvalue weighted by atomic mass is 10.2. The lowest BCUT2D eigenvalue weighted by molar-refractivity contribution is -0.118. The van der Waals surface area contributed by atoms with Crippen LogP contribution in [-0.2, 0) is 11.3 Å². The molecular formula is C11H15ClN2O. The number of nitrogens with one attached hydrogen (secondary N) is 1. The van der Waals surface area contributed by atoms with E-state index in [1.54, 1.807) is 0 Å². The van der Waals surface area contributed by atoms with E-state index >= 15 is 0 Å².